The lowest BCUT2D eigenvalue weighted by molar-refractivity contribution is 0.102. The molecule has 144 valence electrons. The van der Waals surface area contributed by atoms with Crippen LogP contribution in [0.3, 0.4) is 0 Å². The van der Waals surface area contributed by atoms with Crippen LogP contribution >= 0.6 is 11.6 Å². The maximum absolute atomic E-state index is 12.6. The number of nitrogens with zero attached hydrogens (tertiary/aromatic N) is 2. The molecule has 0 atom stereocenters. The van der Waals surface area contributed by atoms with Gasteiger partial charge in [-0.3, -0.25) is 4.79 Å². The molecular formula is C21H21ClN4O2. The van der Waals surface area contributed by atoms with Gasteiger partial charge in [0, 0.05) is 22.1 Å². The Labute approximate surface area is 168 Å². The van der Waals surface area contributed by atoms with Crippen molar-refractivity contribution in [2.45, 2.75) is 26.9 Å². The highest BCUT2D eigenvalue weighted by Gasteiger charge is 2.12. The number of hydrogen-bond donors (Lipinski definition) is 2. The zero-order valence-electron chi connectivity index (χ0n) is 15.9. The number of anilines is 3. The lowest BCUT2D eigenvalue weighted by Crippen LogP contribution is -2.15. The van der Waals surface area contributed by atoms with E-state index in [1.165, 1.54) is 0 Å². The van der Waals surface area contributed by atoms with Crippen molar-refractivity contribution in [3.8, 4) is 5.75 Å². The van der Waals surface area contributed by atoms with Crippen LogP contribution < -0.4 is 15.4 Å². The molecule has 0 aliphatic carbocycles. The fraction of sp³-hybridized carbons (Fsp3) is 0.190. The molecule has 28 heavy (non-hydrogen) atoms. The monoisotopic (exact) mass is 396 g/mol. The first-order chi connectivity index (χ1) is 13.4. The zero-order valence-corrected chi connectivity index (χ0v) is 16.6. The predicted molar refractivity (Wildman–Crippen MR) is 112 cm³/mol. The summed E-state index contributed by atoms with van der Waals surface area (Å²) < 4.78 is 5.60. The number of amides is 1. The molecule has 6 nitrogen and oxygen atoms in total. The van der Waals surface area contributed by atoms with Crippen LogP contribution in [0.2, 0.25) is 5.02 Å². The summed E-state index contributed by atoms with van der Waals surface area (Å²) in [6.45, 7) is 5.73. The smallest absolute Gasteiger partial charge is 0.274 e. The van der Waals surface area contributed by atoms with Crippen LogP contribution in [0, 0.1) is 6.92 Å². The summed E-state index contributed by atoms with van der Waals surface area (Å²) in [4.78, 5) is 21.2. The van der Waals surface area contributed by atoms with Crippen molar-refractivity contribution in [3.63, 3.8) is 0 Å². The quantitative estimate of drug-likeness (QED) is 0.597. The lowest BCUT2D eigenvalue weighted by Gasteiger charge is -2.11. The van der Waals surface area contributed by atoms with Gasteiger partial charge >= 0.3 is 0 Å². The van der Waals surface area contributed by atoms with Crippen LogP contribution in [0.15, 0.2) is 54.6 Å². The van der Waals surface area contributed by atoms with E-state index in [2.05, 4.69) is 20.6 Å². The molecule has 0 fully saturated rings. The molecule has 0 aliphatic rings. The third kappa shape index (κ3) is 5.44. The number of carbonyl (C=O) groups excluding carboxylic acids is 1. The van der Waals surface area contributed by atoms with Crippen molar-refractivity contribution in [3.05, 3.63) is 71.0 Å². The highest BCUT2D eigenvalue weighted by atomic mass is 35.5. The second-order valence-electron chi connectivity index (χ2n) is 6.50. The molecule has 0 aliphatic heterocycles. The first-order valence-electron chi connectivity index (χ1n) is 8.85. The number of aryl methyl sites for hydroxylation is 1. The number of benzene rings is 2. The number of aromatic nitrogens is 2. The van der Waals surface area contributed by atoms with Gasteiger partial charge in [-0.05, 0) is 69.3 Å². The molecule has 0 saturated carbocycles. The fourth-order valence-electron chi connectivity index (χ4n) is 2.52. The number of ether oxygens (including phenoxy) is 1. The van der Waals surface area contributed by atoms with Crippen LogP contribution in [-0.4, -0.2) is 22.0 Å². The number of nitrogens with one attached hydrogen (secondary N) is 2. The van der Waals surface area contributed by atoms with E-state index in [4.69, 9.17) is 16.3 Å². The van der Waals surface area contributed by atoms with E-state index in [0.717, 1.165) is 11.4 Å². The summed E-state index contributed by atoms with van der Waals surface area (Å²) in [5, 5.41) is 6.50. The van der Waals surface area contributed by atoms with E-state index in [0.29, 0.717) is 22.4 Å². The lowest BCUT2D eigenvalue weighted by atomic mass is 10.2. The highest BCUT2D eigenvalue weighted by molar-refractivity contribution is 6.30. The molecular weight excluding hydrogens is 376 g/mol. The maximum atomic E-state index is 12.6. The van der Waals surface area contributed by atoms with Gasteiger partial charge in [0.15, 0.2) is 0 Å². The summed E-state index contributed by atoms with van der Waals surface area (Å²) in [6, 6.07) is 16.0. The van der Waals surface area contributed by atoms with Gasteiger partial charge in [0.1, 0.15) is 11.4 Å². The molecule has 0 bridgehead atoms. The van der Waals surface area contributed by atoms with Gasteiger partial charge in [0.2, 0.25) is 5.95 Å². The van der Waals surface area contributed by atoms with E-state index in [1.807, 2.05) is 38.1 Å². The predicted octanol–water partition coefficient (Wildman–Crippen LogP) is 5.22. The summed E-state index contributed by atoms with van der Waals surface area (Å²) in [5.74, 6) is 0.754. The molecule has 3 rings (SSSR count). The van der Waals surface area contributed by atoms with Crippen molar-refractivity contribution in [1.29, 1.82) is 0 Å². The molecule has 2 aromatic carbocycles. The average Bonchev–Trinajstić information content (AvgIpc) is 2.62. The van der Waals surface area contributed by atoms with Crippen LogP contribution in [0.25, 0.3) is 0 Å². The van der Waals surface area contributed by atoms with Gasteiger partial charge in [0.25, 0.3) is 5.91 Å². The second kappa shape index (κ2) is 8.71. The molecule has 1 aromatic heterocycles. The number of halogens is 1. The van der Waals surface area contributed by atoms with Crippen molar-refractivity contribution >= 4 is 34.8 Å². The maximum Gasteiger partial charge on any atom is 0.274 e. The molecule has 2 N–H and O–H groups in total. The van der Waals surface area contributed by atoms with Gasteiger partial charge in [-0.2, -0.15) is 0 Å². The first kappa shape index (κ1) is 19.6. The van der Waals surface area contributed by atoms with Crippen molar-refractivity contribution in [1.82, 2.24) is 9.97 Å². The third-order valence-electron chi connectivity index (χ3n) is 3.65. The van der Waals surface area contributed by atoms with Gasteiger partial charge in [-0.15, -0.1) is 0 Å². The van der Waals surface area contributed by atoms with E-state index < -0.39 is 0 Å². The third-order valence-corrected chi connectivity index (χ3v) is 3.89. The Kier molecular flexibility index (Phi) is 6.11. The Hall–Kier alpha value is -3.12. The molecule has 3 aromatic rings. The highest BCUT2D eigenvalue weighted by Crippen LogP contribution is 2.20. The Morgan fingerprint density at radius 3 is 2.46 bits per heavy atom. The molecule has 1 amide bonds. The van der Waals surface area contributed by atoms with E-state index >= 15 is 0 Å². The van der Waals surface area contributed by atoms with Crippen LogP contribution in [0.4, 0.5) is 17.3 Å². The van der Waals surface area contributed by atoms with Crippen molar-refractivity contribution in [2.75, 3.05) is 10.6 Å². The summed E-state index contributed by atoms with van der Waals surface area (Å²) >= 11 is 6.00. The Morgan fingerprint density at radius 2 is 1.79 bits per heavy atom. The standard InChI is InChI=1S/C21H21ClN4O2/c1-13(2)28-18-9-7-16(8-10-18)24-20(27)19-11-14(3)23-21(26-19)25-17-6-4-5-15(22)12-17/h4-13H,1-3H3,(H,24,27)(H,23,25,26). The minimum absolute atomic E-state index is 0.0925. The Morgan fingerprint density at radius 1 is 1.04 bits per heavy atom. The van der Waals surface area contributed by atoms with Gasteiger partial charge in [-0.25, -0.2) is 9.97 Å². The summed E-state index contributed by atoms with van der Waals surface area (Å²) in [6.07, 6.45) is 0.0925. The van der Waals surface area contributed by atoms with Crippen LogP contribution in [0.5, 0.6) is 5.75 Å². The van der Waals surface area contributed by atoms with E-state index in [-0.39, 0.29) is 17.7 Å². The minimum Gasteiger partial charge on any atom is -0.491 e. The van der Waals surface area contributed by atoms with Crippen molar-refractivity contribution < 1.29 is 9.53 Å². The molecule has 0 radical (unpaired) electrons. The number of hydrogen-bond acceptors (Lipinski definition) is 5. The molecule has 7 heteroatoms. The van der Waals surface area contributed by atoms with Crippen molar-refractivity contribution in [2.24, 2.45) is 0 Å². The van der Waals surface area contributed by atoms with E-state index in [1.54, 1.807) is 37.3 Å². The summed E-state index contributed by atoms with van der Waals surface area (Å²) in [5.41, 5.74) is 2.33. The summed E-state index contributed by atoms with van der Waals surface area (Å²) in [7, 11) is 0. The first-order valence-corrected chi connectivity index (χ1v) is 9.23. The molecule has 1 heterocycles. The van der Waals surface area contributed by atoms with Crippen LogP contribution in [-0.2, 0) is 0 Å². The molecule has 0 saturated heterocycles. The minimum atomic E-state index is -0.322. The second-order valence-corrected chi connectivity index (χ2v) is 6.94. The van der Waals surface area contributed by atoms with Gasteiger partial charge in [0.05, 0.1) is 6.10 Å². The number of carbonyl (C=O) groups is 1. The normalized spacial score (nSPS) is 10.6. The van der Waals surface area contributed by atoms with Crippen LogP contribution in [0.1, 0.15) is 30.0 Å². The zero-order chi connectivity index (χ0) is 20.1. The topological polar surface area (TPSA) is 76.1 Å². The van der Waals surface area contributed by atoms with E-state index in [9.17, 15) is 4.79 Å². The average molecular weight is 397 g/mol. The Bertz CT molecular complexity index is 974. The van der Waals surface area contributed by atoms with Gasteiger partial charge < -0.3 is 15.4 Å². The largest absolute Gasteiger partial charge is 0.491 e. The Balaban J connectivity index is 1.73. The number of rotatable bonds is 6. The van der Waals surface area contributed by atoms with Gasteiger partial charge in [-0.1, -0.05) is 17.7 Å². The SMILES string of the molecule is Cc1cc(C(=O)Nc2ccc(OC(C)C)cc2)nc(Nc2cccc(Cl)c2)n1. The molecule has 0 spiro atoms. The molecule has 0 unspecified atom stereocenters. The fourth-order valence-corrected chi connectivity index (χ4v) is 2.71.